The van der Waals surface area contributed by atoms with E-state index in [1.165, 1.54) is 44.6 Å². The van der Waals surface area contributed by atoms with Gasteiger partial charge in [0.05, 0.1) is 32.1 Å². The number of nitrogens with zero attached hydrogens (tertiary/aromatic N) is 2. The van der Waals surface area contributed by atoms with Crippen LogP contribution in [-0.4, -0.2) is 56.2 Å². The molecule has 0 atom stereocenters. The van der Waals surface area contributed by atoms with Gasteiger partial charge in [0.1, 0.15) is 0 Å². The maximum atomic E-state index is 12.8. The van der Waals surface area contributed by atoms with Crippen molar-refractivity contribution in [3.8, 4) is 11.9 Å². The molecule has 1 aromatic heterocycles. The summed E-state index contributed by atoms with van der Waals surface area (Å²) in [6.45, 7) is 0.229. The second-order valence-electron chi connectivity index (χ2n) is 7.87. The molecule has 0 saturated heterocycles. The third-order valence-corrected chi connectivity index (χ3v) is 6.62. The average Bonchev–Trinajstić information content (AvgIpc) is 2.92. The Hall–Kier alpha value is -4.30. The summed E-state index contributed by atoms with van der Waals surface area (Å²) in [4.78, 5) is 31.8. The standard InChI is InChI=1S/C25H27N5O7S2/c1-35-22-16-20(27-24(29-22)36-2)30-39(33,34)19-10-8-18(9-11-19)26-25(38)28-21(31)12-13-23(32)37-15-14-17-6-4-3-5-7-17/h3-11,16H,12-15H2,1-2H3,(H,27,29,30)(H2,26,28,31,38). The Morgan fingerprint density at radius 2 is 1.67 bits per heavy atom. The number of rotatable bonds is 12. The first-order valence-corrected chi connectivity index (χ1v) is 13.5. The molecule has 0 aliphatic rings. The van der Waals surface area contributed by atoms with E-state index in [-0.39, 0.29) is 47.2 Å². The SMILES string of the molecule is COc1cc(NS(=O)(=O)c2ccc(NC(=S)NC(=O)CCC(=O)OCCc3ccccc3)cc2)nc(OC)n1. The highest BCUT2D eigenvalue weighted by Crippen LogP contribution is 2.21. The summed E-state index contributed by atoms with van der Waals surface area (Å²) in [5.74, 6) is -0.865. The summed E-state index contributed by atoms with van der Waals surface area (Å²) in [7, 11) is -1.27. The number of sulfonamides is 1. The summed E-state index contributed by atoms with van der Waals surface area (Å²) >= 11 is 5.13. The molecule has 0 aliphatic carbocycles. The summed E-state index contributed by atoms with van der Waals surface area (Å²) in [6, 6.07) is 16.5. The number of esters is 1. The number of methoxy groups -OCH3 is 2. The topological polar surface area (TPSA) is 158 Å². The lowest BCUT2D eigenvalue weighted by atomic mass is 10.2. The second kappa shape index (κ2) is 14.0. The van der Waals surface area contributed by atoms with Crippen LogP contribution in [0.3, 0.4) is 0 Å². The Morgan fingerprint density at radius 1 is 0.949 bits per heavy atom. The highest BCUT2D eigenvalue weighted by molar-refractivity contribution is 7.92. The number of hydrogen-bond acceptors (Lipinski definition) is 10. The molecular formula is C25H27N5O7S2. The zero-order chi connectivity index (χ0) is 28.3. The van der Waals surface area contributed by atoms with Crippen LogP contribution in [0.1, 0.15) is 18.4 Å². The van der Waals surface area contributed by atoms with Crippen LogP contribution < -0.4 is 24.8 Å². The van der Waals surface area contributed by atoms with Crippen molar-refractivity contribution in [1.82, 2.24) is 15.3 Å². The van der Waals surface area contributed by atoms with Crippen molar-refractivity contribution in [2.75, 3.05) is 30.9 Å². The van der Waals surface area contributed by atoms with Crippen LogP contribution in [0.15, 0.2) is 65.6 Å². The fourth-order valence-electron chi connectivity index (χ4n) is 3.13. The molecule has 0 unspecified atom stereocenters. The molecule has 39 heavy (non-hydrogen) atoms. The van der Waals surface area contributed by atoms with E-state index < -0.39 is 21.9 Å². The lowest BCUT2D eigenvalue weighted by molar-refractivity contribution is -0.144. The lowest BCUT2D eigenvalue weighted by Gasteiger charge is -2.12. The first kappa shape index (κ1) is 29.3. The Morgan fingerprint density at radius 3 is 2.33 bits per heavy atom. The lowest BCUT2D eigenvalue weighted by Crippen LogP contribution is -2.34. The number of nitrogens with one attached hydrogen (secondary N) is 3. The van der Waals surface area contributed by atoms with Crippen LogP contribution in [-0.2, 0) is 30.8 Å². The molecule has 14 heteroatoms. The van der Waals surface area contributed by atoms with Gasteiger partial charge in [-0.15, -0.1) is 0 Å². The van der Waals surface area contributed by atoms with Crippen LogP contribution in [0.5, 0.6) is 11.9 Å². The smallest absolute Gasteiger partial charge is 0.321 e. The van der Waals surface area contributed by atoms with E-state index in [1.54, 1.807) is 0 Å². The number of anilines is 2. The van der Waals surface area contributed by atoms with Crippen molar-refractivity contribution < 1.29 is 32.2 Å². The maximum absolute atomic E-state index is 12.8. The van der Waals surface area contributed by atoms with Crippen molar-refractivity contribution in [1.29, 1.82) is 0 Å². The third kappa shape index (κ3) is 9.50. The van der Waals surface area contributed by atoms with Crippen molar-refractivity contribution in [3.05, 3.63) is 66.2 Å². The molecule has 0 aliphatic heterocycles. The van der Waals surface area contributed by atoms with Gasteiger partial charge in [-0.1, -0.05) is 30.3 Å². The van der Waals surface area contributed by atoms with Gasteiger partial charge < -0.3 is 24.8 Å². The van der Waals surface area contributed by atoms with E-state index in [9.17, 15) is 18.0 Å². The van der Waals surface area contributed by atoms with Crippen LogP contribution >= 0.6 is 12.2 Å². The minimum Gasteiger partial charge on any atom is -0.481 e. The van der Waals surface area contributed by atoms with Crippen molar-refractivity contribution in [2.24, 2.45) is 0 Å². The van der Waals surface area contributed by atoms with E-state index in [1.807, 2.05) is 30.3 Å². The number of carbonyl (C=O) groups excluding carboxylic acids is 2. The van der Waals surface area contributed by atoms with Crippen LogP contribution in [0, 0.1) is 0 Å². The minimum absolute atomic E-state index is 0.00801. The molecule has 1 heterocycles. The van der Waals surface area contributed by atoms with Gasteiger partial charge in [-0.25, -0.2) is 8.42 Å². The van der Waals surface area contributed by atoms with Gasteiger partial charge in [-0.2, -0.15) is 9.97 Å². The van der Waals surface area contributed by atoms with Crippen molar-refractivity contribution >= 4 is 50.7 Å². The monoisotopic (exact) mass is 573 g/mol. The number of aromatic nitrogens is 2. The van der Waals surface area contributed by atoms with Gasteiger partial charge in [-0.3, -0.25) is 14.3 Å². The number of thiocarbonyl (C=S) groups is 1. The molecule has 3 rings (SSSR count). The molecule has 3 N–H and O–H groups in total. The van der Waals surface area contributed by atoms with Crippen molar-refractivity contribution in [2.45, 2.75) is 24.2 Å². The Kier molecular flexibility index (Phi) is 10.5. The van der Waals surface area contributed by atoms with E-state index in [2.05, 4.69) is 25.3 Å². The fraction of sp³-hybridized carbons (Fsp3) is 0.240. The highest BCUT2D eigenvalue weighted by Gasteiger charge is 2.17. The van der Waals surface area contributed by atoms with Crippen LogP contribution in [0.25, 0.3) is 0 Å². The zero-order valence-corrected chi connectivity index (χ0v) is 22.8. The Bertz CT molecular complexity index is 1380. The second-order valence-corrected chi connectivity index (χ2v) is 9.96. The quantitative estimate of drug-likeness (QED) is 0.216. The van der Waals surface area contributed by atoms with E-state index in [4.69, 9.17) is 26.4 Å². The normalized spacial score (nSPS) is 10.7. The Labute approximate surface area is 231 Å². The van der Waals surface area contributed by atoms with Crippen LogP contribution in [0.4, 0.5) is 11.5 Å². The zero-order valence-electron chi connectivity index (χ0n) is 21.2. The van der Waals surface area contributed by atoms with Crippen molar-refractivity contribution in [3.63, 3.8) is 0 Å². The number of carbonyl (C=O) groups is 2. The predicted molar refractivity (Wildman–Crippen MR) is 147 cm³/mol. The number of hydrogen-bond donors (Lipinski definition) is 3. The molecular weight excluding hydrogens is 546 g/mol. The molecule has 3 aromatic rings. The van der Waals surface area contributed by atoms with E-state index >= 15 is 0 Å². The third-order valence-electron chi connectivity index (χ3n) is 5.04. The largest absolute Gasteiger partial charge is 0.481 e. The van der Waals surface area contributed by atoms with Gasteiger partial charge in [0.25, 0.3) is 10.0 Å². The van der Waals surface area contributed by atoms with Gasteiger partial charge in [0, 0.05) is 24.6 Å². The molecule has 0 radical (unpaired) electrons. The van der Waals surface area contributed by atoms with E-state index in [0.717, 1.165) is 5.56 Å². The molecule has 12 nitrogen and oxygen atoms in total. The maximum Gasteiger partial charge on any atom is 0.321 e. The molecule has 206 valence electrons. The summed E-state index contributed by atoms with van der Waals surface area (Å²) in [5.41, 5.74) is 1.48. The highest BCUT2D eigenvalue weighted by atomic mass is 32.2. The number of ether oxygens (including phenoxy) is 3. The molecule has 2 aromatic carbocycles. The first-order valence-electron chi connectivity index (χ1n) is 11.6. The van der Waals surface area contributed by atoms with Gasteiger partial charge >= 0.3 is 12.0 Å². The van der Waals surface area contributed by atoms with Gasteiger partial charge in [0.2, 0.25) is 11.8 Å². The molecule has 0 spiro atoms. The molecule has 0 fully saturated rings. The molecule has 0 bridgehead atoms. The summed E-state index contributed by atoms with van der Waals surface area (Å²) < 4.78 is 43.0. The van der Waals surface area contributed by atoms with Gasteiger partial charge in [0.15, 0.2) is 10.9 Å². The molecule has 1 amide bonds. The summed E-state index contributed by atoms with van der Waals surface area (Å²) in [6.07, 6.45) is 0.396. The summed E-state index contributed by atoms with van der Waals surface area (Å²) in [5, 5.41) is 5.25. The first-order chi connectivity index (χ1) is 18.7. The average molecular weight is 574 g/mol. The van der Waals surface area contributed by atoms with Crippen LogP contribution in [0.2, 0.25) is 0 Å². The minimum atomic E-state index is -3.99. The Balaban J connectivity index is 1.44. The van der Waals surface area contributed by atoms with E-state index in [0.29, 0.717) is 12.1 Å². The molecule has 0 saturated carbocycles. The van der Waals surface area contributed by atoms with Gasteiger partial charge in [-0.05, 0) is 42.0 Å². The fourth-order valence-corrected chi connectivity index (χ4v) is 4.36. The predicted octanol–water partition coefficient (Wildman–Crippen LogP) is 2.67. The number of benzene rings is 2. The number of amides is 1.